The summed E-state index contributed by atoms with van der Waals surface area (Å²) in [5.41, 5.74) is 2.00. The minimum absolute atomic E-state index is 0.356. The summed E-state index contributed by atoms with van der Waals surface area (Å²) >= 11 is 0. The van der Waals surface area contributed by atoms with Crippen LogP contribution in [0.4, 0.5) is 0 Å². The topological polar surface area (TPSA) is 55.1 Å². The Kier molecular flexibility index (Phi) is 3.23. The fourth-order valence-corrected chi connectivity index (χ4v) is 1.65. The highest BCUT2D eigenvalue weighted by Gasteiger charge is 2.11. The summed E-state index contributed by atoms with van der Waals surface area (Å²) in [5, 5.41) is 13.0. The van der Waals surface area contributed by atoms with Gasteiger partial charge in [-0.2, -0.15) is 5.10 Å². The second kappa shape index (κ2) is 4.82. The van der Waals surface area contributed by atoms with E-state index >= 15 is 0 Å². The van der Waals surface area contributed by atoms with Crippen molar-refractivity contribution < 1.29 is 9.90 Å². The van der Waals surface area contributed by atoms with Crippen molar-refractivity contribution in [2.45, 2.75) is 13.3 Å². The SMILES string of the molecule is CC(Cc1ccc(-n2cccn2)cc1)C(=O)O. The molecule has 0 radical (unpaired) electrons. The molecule has 2 aromatic rings. The van der Waals surface area contributed by atoms with E-state index in [1.807, 2.05) is 36.5 Å². The number of nitrogens with zero attached hydrogens (tertiary/aromatic N) is 2. The molecule has 1 unspecified atom stereocenters. The molecule has 17 heavy (non-hydrogen) atoms. The minimum Gasteiger partial charge on any atom is -0.481 e. The maximum absolute atomic E-state index is 10.7. The summed E-state index contributed by atoms with van der Waals surface area (Å²) in [6.07, 6.45) is 4.14. The number of hydrogen-bond acceptors (Lipinski definition) is 2. The van der Waals surface area contributed by atoms with Gasteiger partial charge in [-0.05, 0) is 30.2 Å². The first-order valence-corrected chi connectivity index (χ1v) is 5.48. The molecule has 0 aliphatic rings. The Bertz CT molecular complexity index is 489. The van der Waals surface area contributed by atoms with Crippen molar-refractivity contribution in [2.24, 2.45) is 5.92 Å². The van der Waals surface area contributed by atoms with Crippen molar-refractivity contribution in [2.75, 3.05) is 0 Å². The van der Waals surface area contributed by atoms with Crippen LogP contribution in [0.15, 0.2) is 42.7 Å². The van der Waals surface area contributed by atoms with Crippen molar-refractivity contribution >= 4 is 5.97 Å². The predicted octanol–water partition coefficient (Wildman–Crippen LogP) is 2.14. The van der Waals surface area contributed by atoms with Gasteiger partial charge in [-0.25, -0.2) is 4.68 Å². The van der Waals surface area contributed by atoms with Crippen molar-refractivity contribution in [3.8, 4) is 5.69 Å². The molecule has 0 saturated heterocycles. The molecule has 0 fully saturated rings. The molecule has 1 heterocycles. The molecule has 0 amide bonds. The Morgan fingerprint density at radius 2 is 2.12 bits per heavy atom. The van der Waals surface area contributed by atoms with Gasteiger partial charge in [0.05, 0.1) is 11.6 Å². The van der Waals surface area contributed by atoms with Crippen LogP contribution in [0, 0.1) is 5.92 Å². The molecule has 88 valence electrons. The van der Waals surface area contributed by atoms with E-state index in [1.54, 1.807) is 17.8 Å². The zero-order chi connectivity index (χ0) is 12.3. The van der Waals surface area contributed by atoms with E-state index in [9.17, 15) is 4.79 Å². The highest BCUT2D eigenvalue weighted by molar-refractivity contribution is 5.69. The van der Waals surface area contributed by atoms with E-state index in [2.05, 4.69) is 5.10 Å². The highest BCUT2D eigenvalue weighted by atomic mass is 16.4. The zero-order valence-electron chi connectivity index (χ0n) is 9.58. The number of hydrogen-bond donors (Lipinski definition) is 1. The molecule has 1 aromatic heterocycles. The first kappa shape index (κ1) is 11.4. The van der Waals surface area contributed by atoms with E-state index in [1.165, 1.54) is 0 Å². The van der Waals surface area contributed by atoms with Gasteiger partial charge in [-0.3, -0.25) is 4.79 Å². The molecule has 0 aliphatic carbocycles. The largest absolute Gasteiger partial charge is 0.481 e. The smallest absolute Gasteiger partial charge is 0.306 e. The Labute approximate surface area is 99.5 Å². The standard InChI is InChI=1S/C13H14N2O2/c1-10(13(16)17)9-11-3-5-12(6-4-11)15-8-2-7-14-15/h2-8,10H,9H2,1H3,(H,16,17). The molecule has 4 heteroatoms. The predicted molar refractivity (Wildman–Crippen MR) is 64.1 cm³/mol. The van der Waals surface area contributed by atoms with Crippen LogP contribution < -0.4 is 0 Å². The van der Waals surface area contributed by atoms with Crippen LogP contribution in [0.25, 0.3) is 5.69 Å². The summed E-state index contributed by atoms with van der Waals surface area (Å²) in [4.78, 5) is 10.7. The lowest BCUT2D eigenvalue weighted by Crippen LogP contribution is -2.12. The molecule has 1 N–H and O–H groups in total. The van der Waals surface area contributed by atoms with Gasteiger partial charge in [0.25, 0.3) is 0 Å². The molecular formula is C13H14N2O2. The van der Waals surface area contributed by atoms with Crippen molar-refractivity contribution in [3.05, 3.63) is 48.3 Å². The number of benzene rings is 1. The van der Waals surface area contributed by atoms with Gasteiger partial charge in [0.1, 0.15) is 0 Å². The van der Waals surface area contributed by atoms with Gasteiger partial charge >= 0.3 is 5.97 Å². The highest BCUT2D eigenvalue weighted by Crippen LogP contribution is 2.12. The van der Waals surface area contributed by atoms with Gasteiger partial charge in [0, 0.05) is 12.4 Å². The number of carboxylic acid groups (broad SMARTS) is 1. The lowest BCUT2D eigenvalue weighted by atomic mass is 10.0. The van der Waals surface area contributed by atoms with E-state index in [-0.39, 0.29) is 5.92 Å². The average molecular weight is 230 g/mol. The maximum Gasteiger partial charge on any atom is 0.306 e. The molecule has 1 aromatic carbocycles. The third-order valence-corrected chi connectivity index (χ3v) is 2.67. The Morgan fingerprint density at radius 1 is 1.41 bits per heavy atom. The summed E-state index contributed by atoms with van der Waals surface area (Å²) < 4.78 is 1.77. The average Bonchev–Trinajstić information content (AvgIpc) is 2.83. The fraction of sp³-hybridized carbons (Fsp3) is 0.231. The molecule has 4 nitrogen and oxygen atoms in total. The van der Waals surface area contributed by atoms with Crippen LogP contribution in [0.5, 0.6) is 0 Å². The maximum atomic E-state index is 10.7. The van der Waals surface area contributed by atoms with Crippen LogP contribution in [0.2, 0.25) is 0 Å². The molecule has 0 aliphatic heterocycles. The second-order valence-corrected chi connectivity index (χ2v) is 4.06. The molecule has 0 saturated carbocycles. The number of aromatic nitrogens is 2. The van der Waals surface area contributed by atoms with E-state index in [0.29, 0.717) is 6.42 Å². The second-order valence-electron chi connectivity index (χ2n) is 4.06. The number of aliphatic carboxylic acids is 1. The summed E-state index contributed by atoms with van der Waals surface area (Å²) in [6.45, 7) is 1.71. The molecule has 1 atom stereocenters. The third-order valence-electron chi connectivity index (χ3n) is 2.67. The van der Waals surface area contributed by atoms with E-state index < -0.39 is 5.97 Å². The molecule has 2 rings (SSSR count). The number of carbonyl (C=O) groups is 1. The molecular weight excluding hydrogens is 216 g/mol. The van der Waals surface area contributed by atoms with Crippen LogP contribution in [0.3, 0.4) is 0 Å². The van der Waals surface area contributed by atoms with Crippen molar-refractivity contribution in [1.82, 2.24) is 9.78 Å². The van der Waals surface area contributed by atoms with E-state index in [0.717, 1.165) is 11.3 Å². The van der Waals surface area contributed by atoms with Crippen LogP contribution in [0.1, 0.15) is 12.5 Å². The van der Waals surface area contributed by atoms with E-state index in [4.69, 9.17) is 5.11 Å². The Morgan fingerprint density at radius 3 is 2.65 bits per heavy atom. The number of rotatable bonds is 4. The zero-order valence-corrected chi connectivity index (χ0v) is 9.58. The van der Waals surface area contributed by atoms with Crippen molar-refractivity contribution in [1.29, 1.82) is 0 Å². The minimum atomic E-state index is -0.763. The van der Waals surface area contributed by atoms with Gasteiger partial charge in [0.2, 0.25) is 0 Å². The Balaban J connectivity index is 2.11. The molecule has 0 bridgehead atoms. The number of carboxylic acids is 1. The van der Waals surface area contributed by atoms with Gasteiger partial charge in [0.15, 0.2) is 0 Å². The van der Waals surface area contributed by atoms with Gasteiger partial charge in [-0.15, -0.1) is 0 Å². The quantitative estimate of drug-likeness (QED) is 0.875. The normalized spacial score (nSPS) is 12.3. The van der Waals surface area contributed by atoms with Crippen LogP contribution in [-0.2, 0) is 11.2 Å². The van der Waals surface area contributed by atoms with Gasteiger partial charge < -0.3 is 5.11 Å². The fourth-order valence-electron chi connectivity index (χ4n) is 1.65. The molecule has 0 spiro atoms. The monoisotopic (exact) mass is 230 g/mol. The van der Waals surface area contributed by atoms with Crippen molar-refractivity contribution in [3.63, 3.8) is 0 Å². The summed E-state index contributed by atoms with van der Waals surface area (Å²) in [5.74, 6) is -1.12. The third kappa shape index (κ3) is 2.72. The van der Waals surface area contributed by atoms with Crippen LogP contribution in [-0.4, -0.2) is 20.9 Å². The van der Waals surface area contributed by atoms with Crippen LogP contribution >= 0.6 is 0 Å². The first-order valence-electron chi connectivity index (χ1n) is 5.48. The summed E-state index contributed by atoms with van der Waals surface area (Å²) in [7, 11) is 0. The first-order chi connectivity index (χ1) is 8.16. The van der Waals surface area contributed by atoms with Gasteiger partial charge in [-0.1, -0.05) is 19.1 Å². The lowest BCUT2D eigenvalue weighted by molar-refractivity contribution is -0.141. The lowest BCUT2D eigenvalue weighted by Gasteiger charge is -2.07. The summed E-state index contributed by atoms with van der Waals surface area (Å²) in [6, 6.07) is 9.63. The Hall–Kier alpha value is -2.10.